The van der Waals surface area contributed by atoms with Gasteiger partial charge in [-0.25, -0.2) is 4.79 Å². The number of hydrogen-bond acceptors (Lipinski definition) is 5. The summed E-state index contributed by atoms with van der Waals surface area (Å²) < 4.78 is 5.80. The molecule has 6 heteroatoms. The number of phenols is 1. The van der Waals surface area contributed by atoms with E-state index in [0.29, 0.717) is 28.9 Å². The maximum atomic E-state index is 11.9. The molecule has 0 bridgehead atoms. The Hall–Kier alpha value is -3.64. The van der Waals surface area contributed by atoms with E-state index in [2.05, 4.69) is 0 Å². The molecule has 6 nitrogen and oxygen atoms in total. The molecule has 0 amide bonds. The highest BCUT2D eigenvalue weighted by molar-refractivity contribution is 5.99. The number of rotatable bonds is 8. The number of aliphatic hydroxyl groups excluding tert-OH is 1. The average Bonchev–Trinajstić information content (AvgIpc) is 2.79. The maximum absolute atomic E-state index is 11.9. The number of aromatic hydroxyl groups is 1. The minimum absolute atomic E-state index is 0.0635. The highest BCUT2D eigenvalue weighted by Gasteiger charge is 2.15. The van der Waals surface area contributed by atoms with E-state index in [-0.39, 0.29) is 29.3 Å². The van der Waals surface area contributed by atoms with Gasteiger partial charge in [0.15, 0.2) is 5.78 Å². The number of ketones is 1. The topological polar surface area (TPSA) is 104 Å². The summed E-state index contributed by atoms with van der Waals surface area (Å²) in [6.45, 7) is 3.68. The SMILES string of the molecule is CCC(=O)c1ccc(OCc2ccc(C(O)c3cccc(C(=O)O)c3)cc2)c(C)c1O. The van der Waals surface area contributed by atoms with Crippen LogP contribution in [-0.4, -0.2) is 27.1 Å². The number of aliphatic hydroxyl groups is 1. The molecule has 0 aliphatic rings. The molecule has 0 aromatic heterocycles. The zero-order valence-electron chi connectivity index (χ0n) is 17.3. The van der Waals surface area contributed by atoms with Gasteiger partial charge in [-0.3, -0.25) is 4.79 Å². The molecule has 0 radical (unpaired) electrons. The lowest BCUT2D eigenvalue weighted by molar-refractivity contribution is 0.0696. The standard InChI is InChI=1S/C25H24O6/c1-3-21(26)20-11-12-22(15(2)23(20)27)31-14-16-7-9-17(10-8-16)24(28)18-5-4-6-19(13-18)25(29)30/h4-13,24,27-28H,3,14H2,1-2H3,(H,29,30). The van der Waals surface area contributed by atoms with Gasteiger partial charge in [-0.2, -0.15) is 0 Å². The fourth-order valence-electron chi connectivity index (χ4n) is 3.24. The van der Waals surface area contributed by atoms with Crippen LogP contribution in [0.3, 0.4) is 0 Å². The second-order valence-corrected chi connectivity index (χ2v) is 7.23. The molecule has 0 aliphatic carbocycles. The molecular formula is C25H24O6. The number of Topliss-reactive ketones (excluding diaryl/α,β-unsaturated/α-hetero) is 1. The largest absolute Gasteiger partial charge is 0.507 e. The summed E-state index contributed by atoms with van der Waals surface area (Å²) in [4.78, 5) is 23.0. The van der Waals surface area contributed by atoms with Gasteiger partial charge in [-0.1, -0.05) is 43.3 Å². The van der Waals surface area contributed by atoms with Crippen molar-refractivity contribution < 1.29 is 29.6 Å². The summed E-state index contributed by atoms with van der Waals surface area (Å²) >= 11 is 0. The molecule has 0 spiro atoms. The van der Waals surface area contributed by atoms with Crippen molar-refractivity contribution in [3.8, 4) is 11.5 Å². The summed E-state index contributed by atoms with van der Waals surface area (Å²) in [6, 6.07) is 16.6. The minimum atomic E-state index is -1.05. The molecule has 1 atom stereocenters. The molecule has 3 rings (SSSR count). The molecule has 3 N–H and O–H groups in total. The summed E-state index contributed by atoms with van der Waals surface area (Å²) in [7, 11) is 0. The highest BCUT2D eigenvalue weighted by Crippen LogP contribution is 2.32. The summed E-state index contributed by atoms with van der Waals surface area (Å²) in [5, 5.41) is 30.0. The van der Waals surface area contributed by atoms with Crippen LogP contribution in [0, 0.1) is 6.92 Å². The molecule has 0 saturated heterocycles. The Labute approximate surface area is 180 Å². The van der Waals surface area contributed by atoms with Crippen LogP contribution < -0.4 is 4.74 Å². The number of aromatic carboxylic acids is 1. The molecule has 1 unspecified atom stereocenters. The highest BCUT2D eigenvalue weighted by atomic mass is 16.5. The van der Waals surface area contributed by atoms with Gasteiger partial charge >= 0.3 is 5.97 Å². The van der Waals surface area contributed by atoms with Crippen molar-refractivity contribution in [1.29, 1.82) is 0 Å². The molecule has 0 heterocycles. The van der Waals surface area contributed by atoms with Crippen molar-refractivity contribution >= 4 is 11.8 Å². The van der Waals surface area contributed by atoms with Crippen LogP contribution in [0.4, 0.5) is 0 Å². The monoisotopic (exact) mass is 420 g/mol. The third-order valence-electron chi connectivity index (χ3n) is 5.14. The average molecular weight is 420 g/mol. The van der Waals surface area contributed by atoms with Crippen LogP contribution in [0.2, 0.25) is 0 Å². The maximum Gasteiger partial charge on any atom is 0.335 e. The number of carbonyl (C=O) groups excluding carboxylic acids is 1. The van der Waals surface area contributed by atoms with Gasteiger partial charge in [0.1, 0.15) is 24.2 Å². The quantitative estimate of drug-likeness (QED) is 0.458. The van der Waals surface area contributed by atoms with E-state index in [4.69, 9.17) is 9.84 Å². The molecule has 0 saturated carbocycles. The fraction of sp³-hybridized carbons (Fsp3) is 0.200. The summed E-state index contributed by atoms with van der Waals surface area (Å²) in [5.74, 6) is -0.753. The van der Waals surface area contributed by atoms with Gasteiger partial charge < -0.3 is 20.1 Å². The predicted octanol–water partition coefficient (Wildman–Crippen LogP) is 4.65. The first-order valence-electron chi connectivity index (χ1n) is 9.90. The lowest BCUT2D eigenvalue weighted by atomic mass is 9.99. The van der Waals surface area contributed by atoms with Gasteiger partial charge in [-0.15, -0.1) is 0 Å². The normalized spacial score (nSPS) is 11.7. The third-order valence-corrected chi connectivity index (χ3v) is 5.14. The summed E-state index contributed by atoms with van der Waals surface area (Å²) in [5.41, 5.74) is 2.89. The van der Waals surface area contributed by atoms with Crippen LogP contribution >= 0.6 is 0 Å². The van der Waals surface area contributed by atoms with E-state index < -0.39 is 12.1 Å². The predicted molar refractivity (Wildman–Crippen MR) is 116 cm³/mol. The first kappa shape index (κ1) is 22.1. The van der Waals surface area contributed by atoms with Crippen LogP contribution in [0.15, 0.2) is 60.7 Å². The molecule has 0 fully saturated rings. The lowest BCUT2D eigenvalue weighted by Crippen LogP contribution is -2.04. The first-order chi connectivity index (χ1) is 14.8. The Kier molecular flexibility index (Phi) is 6.72. The number of benzene rings is 3. The Morgan fingerprint density at radius 3 is 2.35 bits per heavy atom. The lowest BCUT2D eigenvalue weighted by Gasteiger charge is -2.14. The summed E-state index contributed by atoms with van der Waals surface area (Å²) in [6.07, 6.45) is -0.636. The Balaban J connectivity index is 1.70. The third kappa shape index (κ3) is 4.92. The van der Waals surface area contributed by atoms with E-state index in [1.165, 1.54) is 12.1 Å². The van der Waals surface area contributed by atoms with Crippen molar-refractivity contribution in [3.63, 3.8) is 0 Å². The number of carboxylic acids is 1. The Morgan fingerprint density at radius 2 is 1.71 bits per heavy atom. The smallest absolute Gasteiger partial charge is 0.335 e. The number of phenolic OH excluding ortho intramolecular Hbond substituents is 1. The van der Waals surface area contributed by atoms with Crippen molar-refractivity contribution in [2.24, 2.45) is 0 Å². The number of hydrogen-bond donors (Lipinski definition) is 3. The zero-order valence-corrected chi connectivity index (χ0v) is 17.3. The van der Waals surface area contributed by atoms with E-state index >= 15 is 0 Å². The van der Waals surface area contributed by atoms with Gasteiger partial charge in [0.2, 0.25) is 0 Å². The van der Waals surface area contributed by atoms with E-state index in [9.17, 15) is 19.8 Å². The fourth-order valence-corrected chi connectivity index (χ4v) is 3.24. The van der Waals surface area contributed by atoms with Gasteiger partial charge in [-0.05, 0) is 47.9 Å². The van der Waals surface area contributed by atoms with Crippen LogP contribution in [0.25, 0.3) is 0 Å². The van der Waals surface area contributed by atoms with Crippen molar-refractivity contribution in [2.45, 2.75) is 33.0 Å². The van der Waals surface area contributed by atoms with Gasteiger partial charge in [0.25, 0.3) is 0 Å². The van der Waals surface area contributed by atoms with Crippen LogP contribution in [0.1, 0.15) is 62.4 Å². The second kappa shape index (κ2) is 9.45. The molecule has 3 aromatic carbocycles. The Morgan fingerprint density at radius 1 is 1.00 bits per heavy atom. The molecular weight excluding hydrogens is 396 g/mol. The van der Waals surface area contributed by atoms with Gasteiger partial charge in [0, 0.05) is 12.0 Å². The number of carboxylic acid groups (broad SMARTS) is 1. The number of ether oxygens (including phenoxy) is 1. The zero-order chi connectivity index (χ0) is 22.5. The van der Waals surface area contributed by atoms with Crippen molar-refractivity contribution in [1.82, 2.24) is 0 Å². The number of carbonyl (C=O) groups is 2. The van der Waals surface area contributed by atoms with Crippen LogP contribution in [0.5, 0.6) is 11.5 Å². The second-order valence-electron chi connectivity index (χ2n) is 7.23. The molecule has 160 valence electrons. The van der Waals surface area contributed by atoms with Crippen molar-refractivity contribution in [2.75, 3.05) is 0 Å². The van der Waals surface area contributed by atoms with Crippen LogP contribution in [-0.2, 0) is 6.61 Å². The molecule has 3 aromatic rings. The Bertz CT molecular complexity index is 1100. The van der Waals surface area contributed by atoms with Crippen molar-refractivity contribution in [3.05, 3.63) is 94.0 Å². The van der Waals surface area contributed by atoms with E-state index in [1.807, 2.05) is 12.1 Å². The van der Waals surface area contributed by atoms with E-state index in [1.54, 1.807) is 50.2 Å². The molecule has 0 aliphatic heterocycles. The van der Waals surface area contributed by atoms with Gasteiger partial charge in [0.05, 0.1) is 11.1 Å². The van der Waals surface area contributed by atoms with E-state index in [0.717, 1.165) is 5.56 Å². The molecule has 31 heavy (non-hydrogen) atoms. The first-order valence-corrected chi connectivity index (χ1v) is 9.90. The minimum Gasteiger partial charge on any atom is -0.507 e.